The molecule has 0 aliphatic carbocycles. The van der Waals surface area contributed by atoms with Gasteiger partial charge >= 0.3 is 0 Å². The quantitative estimate of drug-likeness (QED) is 0.709. The first kappa shape index (κ1) is 13.9. The zero-order valence-electron chi connectivity index (χ0n) is 9.48. The maximum absolute atomic E-state index is 14.0. The number of halogens is 4. The van der Waals surface area contributed by atoms with Gasteiger partial charge in [0.05, 0.1) is 22.7 Å². The Morgan fingerprint density at radius 1 is 1.11 bits per heavy atom. The fraction of sp³-hybridized carbons (Fsp3) is 0. The summed E-state index contributed by atoms with van der Waals surface area (Å²) in [5.74, 6) is -1.37. The van der Waals surface area contributed by atoms with Gasteiger partial charge in [-0.3, -0.25) is 0 Å². The topological polar surface area (TPSA) is 64.1 Å². The Balaban J connectivity index is 2.49. The fourth-order valence-corrected chi connectivity index (χ4v) is 2.03. The molecule has 2 aromatic carbocycles. The molecule has 19 heavy (non-hydrogen) atoms. The van der Waals surface area contributed by atoms with E-state index in [1.165, 1.54) is 24.3 Å². The van der Waals surface area contributed by atoms with Crippen LogP contribution in [0.25, 0.3) is 0 Å². The average molecular weight is 349 g/mol. The standard InChI is InChI=1S/C12H9BrClF2N3/c13-5-1-2-6(15)9(3-5)19-12-8(18)4-7(17)10(14)11(12)16/h1-4,19H,17-18H2. The number of rotatable bonds is 2. The lowest BCUT2D eigenvalue weighted by molar-refractivity contribution is 0.626. The molecule has 100 valence electrons. The van der Waals surface area contributed by atoms with Crippen molar-refractivity contribution in [3.63, 3.8) is 0 Å². The van der Waals surface area contributed by atoms with Gasteiger partial charge in [-0.1, -0.05) is 27.5 Å². The summed E-state index contributed by atoms with van der Waals surface area (Å²) in [7, 11) is 0. The van der Waals surface area contributed by atoms with Crippen LogP contribution >= 0.6 is 27.5 Å². The molecule has 0 aromatic heterocycles. The van der Waals surface area contributed by atoms with E-state index in [2.05, 4.69) is 21.2 Å². The van der Waals surface area contributed by atoms with Gasteiger partial charge in [0.1, 0.15) is 10.8 Å². The highest BCUT2D eigenvalue weighted by Gasteiger charge is 2.15. The number of hydrogen-bond acceptors (Lipinski definition) is 3. The second kappa shape index (κ2) is 5.22. The van der Waals surface area contributed by atoms with E-state index in [-0.39, 0.29) is 27.8 Å². The molecule has 0 aliphatic rings. The smallest absolute Gasteiger partial charge is 0.169 e. The third-order valence-corrected chi connectivity index (χ3v) is 3.33. The van der Waals surface area contributed by atoms with Gasteiger partial charge in [-0.05, 0) is 24.3 Å². The van der Waals surface area contributed by atoms with E-state index in [1.807, 2.05) is 0 Å². The van der Waals surface area contributed by atoms with Crippen LogP contribution < -0.4 is 16.8 Å². The lowest BCUT2D eigenvalue weighted by Crippen LogP contribution is -2.03. The van der Waals surface area contributed by atoms with Crippen LogP contribution in [0.5, 0.6) is 0 Å². The highest BCUT2D eigenvalue weighted by Crippen LogP contribution is 2.36. The molecule has 0 atom stereocenters. The minimum atomic E-state index is -0.821. The van der Waals surface area contributed by atoms with Crippen molar-refractivity contribution >= 4 is 50.3 Å². The van der Waals surface area contributed by atoms with E-state index in [1.54, 1.807) is 0 Å². The Bertz CT molecular complexity index is 649. The molecular formula is C12H9BrClF2N3. The molecule has 7 heteroatoms. The zero-order chi connectivity index (χ0) is 14.2. The van der Waals surface area contributed by atoms with Gasteiger partial charge in [-0.15, -0.1) is 0 Å². The van der Waals surface area contributed by atoms with Crippen molar-refractivity contribution in [1.82, 2.24) is 0 Å². The minimum absolute atomic E-state index is 0.0249. The molecule has 0 radical (unpaired) electrons. The summed E-state index contributed by atoms with van der Waals surface area (Å²) < 4.78 is 28.2. The van der Waals surface area contributed by atoms with Crippen molar-refractivity contribution in [3.05, 3.63) is 45.4 Å². The minimum Gasteiger partial charge on any atom is -0.397 e. The number of benzene rings is 2. The Morgan fingerprint density at radius 3 is 2.47 bits per heavy atom. The van der Waals surface area contributed by atoms with Crippen LogP contribution in [0.2, 0.25) is 5.02 Å². The highest BCUT2D eigenvalue weighted by molar-refractivity contribution is 9.10. The average Bonchev–Trinajstić information content (AvgIpc) is 2.36. The van der Waals surface area contributed by atoms with E-state index in [0.29, 0.717) is 4.47 Å². The SMILES string of the molecule is Nc1cc(N)c(Nc2cc(Br)ccc2F)c(F)c1Cl. The summed E-state index contributed by atoms with van der Waals surface area (Å²) in [6.07, 6.45) is 0. The molecular weight excluding hydrogens is 340 g/mol. The van der Waals surface area contributed by atoms with E-state index >= 15 is 0 Å². The summed E-state index contributed by atoms with van der Waals surface area (Å²) in [5, 5.41) is 2.32. The number of nitrogen functional groups attached to an aromatic ring is 2. The summed E-state index contributed by atoms with van der Waals surface area (Å²) in [6, 6.07) is 5.53. The second-order valence-corrected chi connectivity index (χ2v) is 5.10. The van der Waals surface area contributed by atoms with Gasteiger partial charge in [0, 0.05) is 4.47 Å². The van der Waals surface area contributed by atoms with Crippen molar-refractivity contribution in [2.45, 2.75) is 0 Å². The molecule has 0 heterocycles. The molecule has 2 aromatic rings. The molecule has 0 bridgehead atoms. The molecule has 0 unspecified atom stereocenters. The Morgan fingerprint density at radius 2 is 1.79 bits per heavy atom. The molecule has 0 aliphatic heterocycles. The van der Waals surface area contributed by atoms with Gasteiger partial charge in [-0.2, -0.15) is 0 Å². The van der Waals surface area contributed by atoms with Crippen LogP contribution in [0.3, 0.4) is 0 Å². The van der Waals surface area contributed by atoms with Crippen LogP contribution in [0.4, 0.5) is 31.5 Å². The highest BCUT2D eigenvalue weighted by atomic mass is 79.9. The van der Waals surface area contributed by atoms with Gasteiger partial charge in [-0.25, -0.2) is 8.78 Å². The van der Waals surface area contributed by atoms with E-state index in [9.17, 15) is 8.78 Å². The van der Waals surface area contributed by atoms with E-state index in [4.69, 9.17) is 23.1 Å². The zero-order valence-corrected chi connectivity index (χ0v) is 11.8. The maximum Gasteiger partial charge on any atom is 0.169 e. The molecule has 2 rings (SSSR count). The molecule has 3 nitrogen and oxygen atoms in total. The largest absolute Gasteiger partial charge is 0.397 e. The van der Waals surface area contributed by atoms with Crippen molar-refractivity contribution in [2.75, 3.05) is 16.8 Å². The summed E-state index contributed by atoms with van der Waals surface area (Å²) in [6.45, 7) is 0. The first-order valence-corrected chi connectivity index (χ1v) is 6.32. The van der Waals surface area contributed by atoms with Crippen molar-refractivity contribution in [3.8, 4) is 0 Å². The first-order chi connectivity index (χ1) is 8.90. The lowest BCUT2D eigenvalue weighted by Gasteiger charge is -2.13. The third-order valence-electron chi connectivity index (χ3n) is 2.45. The molecule has 0 spiro atoms. The van der Waals surface area contributed by atoms with Crippen LogP contribution in [0.1, 0.15) is 0 Å². The van der Waals surface area contributed by atoms with Crippen molar-refractivity contribution in [1.29, 1.82) is 0 Å². The Kier molecular flexibility index (Phi) is 3.82. The molecule has 0 fully saturated rings. The molecule has 0 saturated heterocycles. The van der Waals surface area contributed by atoms with Crippen molar-refractivity contribution < 1.29 is 8.78 Å². The van der Waals surface area contributed by atoms with E-state index in [0.717, 1.165) is 0 Å². The van der Waals surface area contributed by atoms with Crippen LogP contribution in [-0.4, -0.2) is 0 Å². The maximum atomic E-state index is 14.0. The Labute approximate surface area is 121 Å². The molecule has 5 N–H and O–H groups in total. The molecule has 0 saturated carbocycles. The van der Waals surface area contributed by atoms with Crippen LogP contribution in [-0.2, 0) is 0 Å². The summed E-state index contributed by atoms with van der Waals surface area (Å²) in [4.78, 5) is 0. The van der Waals surface area contributed by atoms with Gasteiger partial charge < -0.3 is 16.8 Å². The van der Waals surface area contributed by atoms with Crippen molar-refractivity contribution in [2.24, 2.45) is 0 Å². The number of nitrogens with two attached hydrogens (primary N) is 2. The van der Waals surface area contributed by atoms with Crippen LogP contribution in [0, 0.1) is 11.6 Å². The monoisotopic (exact) mass is 347 g/mol. The first-order valence-electron chi connectivity index (χ1n) is 5.15. The predicted molar refractivity (Wildman–Crippen MR) is 77.6 cm³/mol. The second-order valence-electron chi connectivity index (χ2n) is 3.81. The van der Waals surface area contributed by atoms with Crippen LogP contribution in [0.15, 0.2) is 28.7 Å². The summed E-state index contributed by atoms with van der Waals surface area (Å²) >= 11 is 8.89. The normalized spacial score (nSPS) is 10.5. The number of hydrogen-bond donors (Lipinski definition) is 3. The third kappa shape index (κ3) is 2.74. The summed E-state index contributed by atoms with van der Waals surface area (Å²) in [5.41, 5.74) is 11.1. The van der Waals surface area contributed by atoms with Gasteiger partial charge in [0.2, 0.25) is 0 Å². The van der Waals surface area contributed by atoms with E-state index < -0.39 is 11.6 Å². The Hall–Kier alpha value is -1.53. The fourth-order valence-electron chi connectivity index (χ4n) is 1.52. The molecule has 0 amide bonds. The lowest BCUT2D eigenvalue weighted by atomic mass is 10.2. The van der Waals surface area contributed by atoms with Gasteiger partial charge in [0.25, 0.3) is 0 Å². The number of nitrogens with one attached hydrogen (secondary N) is 1. The number of anilines is 4. The van der Waals surface area contributed by atoms with Gasteiger partial charge in [0.15, 0.2) is 5.82 Å². The predicted octanol–water partition coefficient (Wildman–Crippen LogP) is 4.29.